The summed E-state index contributed by atoms with van der Waals surface area (Å²) in [6.07, 6.45) is 5.60. The summed E-state index contributed by atoms with van der Waals surface area (Å²) in [5, 5.41) is 8.97. The number of hydrogen-bond donors (Lipinski definition) is 1. The van der Waals surface area contributed by atoms with Crippen molar-refractivity contribution < 1.29 is 9.90 Å². The van der Waals surface area contributed by atoms with Crippen LogP contribution in [0.1, 0.15) is 29.6 Å². The van der Waals surface area contributed by atoms with E-state index in [2.05, 4.69) is 9.88 Å². The minimum Gasteiger partial charge on any atom is -0.396 e. The number of carbonyl (C=O) groups is 1. The molecule has 1 aliphatic heterocycles. The highest BCUT2D eigenvalue weighted by Crippen LogP contribution is 2.23. The monoisotopic (exact) mass is 234 g/mol. The largest absolute Gasteiger partial charge is 0.396 e. The fourth-order valence-electron chi connectivity index (χ4n) is 2.35. The standard InChI is InChI=1S/C13H18N2O2/c16-7-5-11-2-1-6-15(9-11)13-4-3-12(10-17)8-14-13/h3-4,8,10-11,16H,1-2,5-7,9H2. The fourth-order valence-corrected chi connectivity index (χ4v) is 2.35. The third kappa shape index (κ3) is 3.03. The molecular formula is C13H18N2O2. The minimum atomic E-state index is 0.260. The molecule has 1 aromatic heterocycles. The number of aldehydes is 1. The molecular weight excluding hydrogens is 216 g/mol. The van der Waals surface area contributed by atoms with Gasteiger partial charge < -0.3 is 10.0 Å². The molecule has 0 spiro atoms. The Hall–Kier alpha value is -1.42. The van der Waals surface area contributed by atoms with Crippen molar-refractivity contribution in [1.29, 1.82) is 0 Å². The highest BCUT2D eigenvalue weighted by atomic mass is 16.3. The molecule has 0 aliphatic carbocycles. The van der Waals surface area contributed by atoms with E-state index < -0.39 is 0 Å². The number of aromatic nitrogens is 1. The Morgan fingerprint density at radius 3 is 3.06 bits per heavy atom. The highest BCUT2D eigenvalue weighted by molar-refractivity contribution is 5.74. The molecule has 4 nitrogen and oxygen atoms in total. The van der Waals surface area contributed by atoms with E-state index in [1.54, 1.807) is 12.3 Å². The van der Waals surface area contributed by atoms with Gasteiger partial charge in [0.1, 0.15) is 5.82 Å². The van der Waals surface area contributed by atoms with Gasteiger partial charge in [0.25, 0.3) is 0 Å². The summed E-state index contributed by atoms with van der Waals surface area (Å²) in [7, 11) is 0. The van der Waals surface area contributed by atoms with Crippen molar-refractivity contribution in [2.45, 2.75) is 19.3 Å². The third-order valence-electron chi connectivity index (χ3n) is 3.29. The summed E-state index contributed by atoms with van der Waals surface area (Å²) in [5.74, 6) is 1.49. The molecule has 17 heavy (non-hydrogen) atoms. The van der Waals surface area contributed by atoms with E-state index in [4.69, 9.17) is 5.11 Å². The van der Waals surface area contributed by atoms with Gasteiger partial charge >= 0.3 is 0 Å². The molecule has 1 unspecified atom stereocenters. The van der Waals surface area contributed by atoms with Crippen LogP contribution in [-0.4, -0.2) is 36.1 Å². The van der Waals surface area contributed by atoms with E-state index in [-0.39, 0.29) is 6.61 Å². The molecule has 92 valence electrons. The first-order valence-corrected chi connectivity index (χ1v) is 6.10. The first-order valence-electron chi connectivity index (χ1n) is 6.10. The number of pyridine rings is 1. The van der Waals surface area contributed by atoms with Crippen molar-refractivity contribution in [3.8, 4) is 0 Å². The van der Waals surface area contributed by atoms with Gasteiger partial charge in [0.05, 0.1) is 0 Å². The Morgan fingerprint density at radius 2 is 2.41 bits per heavy atom. The van der Waals surface area contributed by atoms with Crippen LogP contribution < -0.4 is 4.90 Å². The van der Waals surface area contributed by atoms with Crippen LogP contribution in [0.15, 0.2) is 18.3 Å². The number of nitrogens with zero attached hydrogens (tertiary/aromatic N) is 2. The summed E-state index contributed by atoms with van der Waals surface area (Å²) in [6.45, 7) is 2.22. The second-order valence-electron chi connectivity index (χ2n) is 4.53. The molecule has 2 heterocycles. The maximum absolute atomic E-state index is 10.5. The van der Waals surface area contributed by atoms with Crippen molar-refractivity contribution in [1.82, 2.24) is 4.98 Å². The second kappa shape index (κ2) is 5.77. The van der Waals surface area contributed by atoms with E-state index in [1.165, 1.54) is 6.42 Å². The normalized spacial score (nSPS) is 20.3. The van der Waals surface area contributed by atoms with E-state index in [9.17, 15) is 4.79 Å². The summed E-state index contributed by atoms with van der Waals surface area (Å²) in [5.41, 5.74) is 0.609. The van der Waals surface area contributed by atoms with Crippen LogP contribution in [0.2, 0.25) is 0 Å². The van der Waals surface area contributed by atoms with Crippen LogP contribution in [0.25, 0.3) is 0 Å². The predicted molar refractivity (Wildman–Crippen MR) is 66.3 cm³/mol. The lowest BCUT2D eigenvalue weighted by molar-refractivity contribution is 0.112. The van der Waals surface area contributed by atoms with Crippen LogP contribution in [0.5, 0.6) is 0 Å². The zero-order valence-electron chi connectivity index (χ0n) is 9.88. The molecule has 4 heteroatoms. The maximum atomic E-state index is 10.5. The zero-order valence-corrected chi connectivity index (χ0v) is 9.88. The number of hydrogen-bond acceptors (Lipinski definition) is 4. The first kappa shape index (κ1) is 12.0. The summed E-state index contributed by atoms with van der Waals surface area (Å²) >= 11 is 0. The number of piperidine rings is 1. The van der Waals surface area contributed by atoms with Gasteiger partial charge in [-0.25, -0.2) is 4.98 Å². The number of rotatable bonds is 4. The number of aliphatic hydroxyl groups excluding tert-OH is 1. The maximum Gasteiger partial charge on any atom is 0.151 e. The van der Waals surface area contributed by atoms with Crippen molar-refractivity contribution in [3.05, 3.63) is 23.9 Å². The van der Waals surface area contributed by atoms with Crippen molar-refractivity contribution >= 4 is 12.1 Å². The molecule has 1 aliphatic rings. The molecule has 1 atom stereocenters. The van der Waals surface area contributed by atoms with Crippen LogP contribution in [0, 0.1) is 5.92 Å². The lowest BCUT2D eigenvalue weighted by Crippen LogP contribution is -2.36. The van der Waals surface area contributed by atoms with Gasteiger partial charge in [-0.15, -0.1) is 0 Å². The summed E-state index contributed by atoms with van der Waals surface area (Å²) in [4.78, 5) is 17.1. The predicted octanol–water partition coefficient (Wildman–Crippen LogP) is 1.49. The van der Waals surface area contributed by atoms with Gasteiger partial charge in [0.2, 0.25) is 0 Å². The lowest BCUT2D eigenvalue weighted by Gasteiger charge is -2.33. The molecule has 1 saturated heterocycles. The number of carbonyl (C=O) groups excluding carboxylic acids is 1. The van der Waals surface area contributed by atoms with Crippen molar-refractivity contribution in [2.24, 2.45) is 5.92 Å². The van der Waals surface area contributed by atoms with E-state index in [0.717, 1.165) is 38.0 Å². The van der Waals surface area contributed by atoms with Crippen LogP contribution in [-0.2, 0) is 0 Å². The van der Waals surface area contributed by atoms with Gasteiger partial charge in [-0.3, -0.25) is 4.79 Å². The SMILES string of the molecule is O=Cc1ccc(N2CCCC(CCO)C2)nc1. The Labute approximate surface area is 101 Å². The quantitative estimate of drug-likeness (QED) is 0.802. The number of aliphatic hydroxyl groups is 1. The molecule has 0 amide bonds. The van der Waals surface area contributed by atoms with E-state index in [1.807, 2.05) is 6.07 Å². The summed E-state index contributed by atoms with van der Waals surface area (Å²) < 4.78 is 0. The van der Waals surface area contributed by atoms with Crippen molar-refractivity contribution in [2.75, 3.05) is 24.6 Å². The topological polar surface area (TPSA) is 53.4 Å². The fraction of sp³-hybridized carbons (Fsp3) is 0.538. The Balaban J connectivity index is 2.02. The molecule has 0 bridgehead atoms. The zero-order chi connectivity index (χ0) is 12.1. The van der Waals surface area contributed by atoms with Gasteiger partial charge in [-0.2, -0.15) is 0 Å². The molecule has 2 rings (SSSR count). The van der Waals surface area contributed by atoms with Crippen LogP contribution in [0.4, 0.5) is 5.82 Å². The minimum absolute atomic E-state index is 0.260. The highest BCUT2D eigenvalue weighted by Gasteiger charge is 2.20. The molecule has 0 saturated carbocycles. The smallest absolute Gasteiger partial charge is 0.151 e. The van der Waals surface area contributed by atoms with Crippen LogP contribution >= 0.6 is 0 Å². The van der Waals surface area contributed by atoms with Gasteiger partial charge in [-0.1, -0.05) is 0 Å². The Morgan fingerprint density at radius 1 is 1.53 bits per heavy atom. The van der Waals surface area contributed by atoms with E-state index >= 15 is 0 Å². The first-order chi connectivity index (χ1) is 8.33. The van der Waals surface area contributed by atoms with E-state index in [0.29, 0.717) is 11.5 Å². The second-order valence-corrected chi connectivity index (χ2v) is 4.53. The van der Waals surface area contributed by atoms with Gasteiger partial charge in [0.15, 0.2) is 6.29 Å². The van der Waals surface area contributed by atoms with Crippen LogP contribution in [0.3, 0.4) is 0 Å². The number of anilines is 1. The molecule has 1 fully saturated rings. The van der Waals surface area contributed by atoms with Crippen molar-refractivity contribution in [3.63, 3.8) is 0 Å². The molecule has 1 N–H and O–H groups in total. The Bertz CT molecular complexity index is 362. The van der Waals surface area contributed by atoms with Gasteiger partial charge in [-0.05, 0) is 37.3 Å². The molecule has 1 aromatic rings. The average molecular weight is 234 g/mol. The Kier molecular flexibility index (Phi) is 4.09. The lowest BCUT2D eigenvalue weighted by atomic mass is 9.95. The molecule has 0 radical (unpaired) electrons. The summed E-state index contributed by atoms with van der Waals surface area (Å²) in [6, 6.07) is 3.69. The van der Waals surface area contributed by atoms with Gasteiger partial charge in [0, 0.05) is 31.5 Å². The average Bonchev–Trinajstić information content (AvgIpc) is 2.40. The third-order valence-corrected chi connectivity index (χ3v) is 3.29. The molecule has 0 aromatic carbocycles.